The molecule has 25 heavy (non-hydrogen) atoms. The number of esters is 1. The summed E-state index contributed by atoms with van der Waals surface area (Å²) in [5, 5.41) is 19.5. The van der Waals surface area contributed by atoms with Crippen LogP contribution in [0.2, 0.25) is 0 Å². The summed E-state index contributed by atoms with van der Waals surface area (Å²) >= 11 is 0. The molecule has 3 rings (SSSR count). The van der Waals surface area contributed by atoms with E-state index in [0.29, 0.717) is 28.0 Å². The Hall–Kier alpha value is -3.15. The van der Waals surface area contributed by atoms with E-state index in [9.17, 15) is 9.90 Å². The van der Waals surface area contributed by atoms with Gasteiger partial charge in [-0.2, -0.15) is 0 Å². The largest absolute Gasteiger partial charge is 0.505 e. The molecule has 0 aliphatic heterocycles. The van der Waals surface area contributed by atoms with Crippen LogP contribution >= 0.6 is 0 Å². The zero-order chi connectivity index (χ0) is 18.2. The lowest BCUT2D eigenvalue weighted by molar-refractivity contribution is -0.128. The fourth-order valence-electron chi connectivity index (χ4n) is 2.50. The Labute approximate surface area is 145 Å². The Morgan fingerprint density at radius 3 is 2.32 bits per heavy atom. The average molecular weight is 337 g/mol. The number of hydrogen-bond acceptors (Lipinski definition) is 5. The highest BCUT2D eigenvalue weighted by atomic mass is 16.5. The zero-order valence-corrected chi connectivity index (χ0v) is 14.4. The van der Waals surface area contributed by atoms with Crippen LogP contribution in [0.5, 0.6) is 11.5 Å². The van der Waals surface area contributed by atoms with E-state index in [-0.39, 0.29) is 11.2 Å². The van der Waals surface area contributed by atoms with Crippen molar-refractivity contribution in [3.63, 3.8) is 0 Å². The van der Waals surface area contributed by atoms with Crippen molar-refractivity contribution in [3.05, 3.63) is 54.6 Å². The second-order valence-electron chi connectivity index (χ2n) is 6.69. The first-order chi connectivity index (χ1) is 11.8. The van der Waals surface area contributed by atoms with Crippen LogP contribution in [-0.2, 0) is 10.2 Å². The van der Waals surface area contributed by atoms with E-state index in [1.165, 1.54) is 10.9 Å². The quantitative estimate of drug-likeness (QED) is 0.449. The van der Waals surface area contributed by atoms with E-state index in [1.54, 1.807) is 6.07 Å². The van der Waals surface area contributed by atoms with Gasteiger partial charge < -0.3 is 9.84 Å². The molecular weight excluding hydrogens is 318 g/mol. The Morgan fingerprint density at radius 1 is 1.20 bits per heavy atom. The third kappa shape index (κ3) is 3.24. The van der Waals surface area contributed by atoms with Gasteiger partial charge in [-0.1, -0.05) is 39.5 Å². The SMILES string of the molecule is C=CC(=O)Oc1cc(-n2nc3ccccc3n2)c(O)c(C(C)(C)C)c1. The number of hydrogen-bond donors (Lipinski definition) is 1. The molecule has 3 aromatic rings. The van der Waals surface area contributed by atoms with Crippen LogP contribution in [0.15, 0.2) is 49.1 Å². The molecule has 0 radical (unpaired) electrons. The van der Waals surface area contributed by atoms with Gasteiger partial charge in [-0.3, -0.25) is 0 Å². The first-order valence-corrected chi connectivity index (χ1v) is 7.84. The summed E-state index contributed by atoms with van der Waals surface area (Å²) in [6.45, 7) is 9.27. The second-order valence-corrected chi connectivity index (χ2v) is 6.69. The number of nitrogens with zero attached hydrogens (tertiary/aromatic N) is 3. The summed E-state index contributed by atoms with van der Waals surface area (Å²) in [5.41, 5.74) is 2.00. The molecule has 1 aromatic heterocycles. The van der Waals surface area contributed by atoms with Gasteiger partial charge in [-0.05, 0) is 23.6 Å². The summed E-state index contributed by atoms with van der Waals surface area (Å²) in [5.74, 6) is -0.231. The molecule has 0 atom stereocenters. The van der Waals surface area contributed by atoms with Gasteiger partial charge in [0.1, 0.15) is 28.2 Å². The van der Waals surface area contributed by atoms with E-state index in [2.05, 4.69) is 16.8 Å². The van der Waals surface area contributed by atoms with Crippen molar-refractivity contribution in [3.8, 4) is 17.2 Å². The number of phenols is 1. The number of phenolic OH excluding ortho intramolecular Hbond substituents is 1. The summed E-state index contributed by atoms with van der Waals surface area (Å²) in [7, 11) is 0. The van der Waals surface area contributed by atoms with Crippen molar-refractivity contribution in [2.24, 2.45) is 0 Å². The van der Waals surface area contributed by atoms with Crippen LogP contribution in [0.4, 0.5) is 0 Å². The van der Waals surface area contributed by atoms with Crippen LogP contribution in [0, 0.1) is 0 Å². The topological polar surface area (TPSA) is 77.2 Å². The number of fused-ring (bicyclic) bond motifs is 1. The molecule has 0 aliphatic carbocycles. The van der Waals surface area contributed by atoms with Crippen molar-refractivity contribution in [2.75, 3.05) is 0 Å². The lowest BCUT2D eigenvalue weighted by Gasteiger charge is -2.22. The predicted octanol–water partition coefficient (Wildman–Crippen LogP) is 3.52. The monoisotopic (exact) mass is 337 g/mol. The predicted molar refractivity (Wildman–Crippen MR) is 95.1 cm³/mol. The summed E-state index contributed by atoms with van der Waals surface area (Å²) < 4.78 is 5.25. The number of carbonyl (C=O) groups excluding carboxylic acids is 1. The van der Waals surface area contributed by atoms with E-state index < -0.39 is 5.97 Å². The maximum Gasteiger partial charge on any atom is 0.335 e. The van der Waals surface area contributed by atoms with Crippen molar-refractivity contribution in [1.29, 1.82) is 0 Å². The second kappa shape index (κ2) is 6.05. The fourth-order valence-corrected chi connectivity index (χ4v) is 2.50. The van der Waals surface area contributed by atoms with Gasteiger partial charge in [0, 0.05) is 17.7 Å². The molecule has 0 fully saturated rings. The van der Waals surface area contributed by atoms with Crippen molar-refractivity contribution >= 4 is 17.0 Å². The molecule has 6 heteroatoms. The van der Waals surface area contributed by atoms with Gasteiger partial charge in [-0.25, -0.2) is 4.79 Å². The zero-order valence-electron chi connectivity index (χ0n) is 14.4. The number of aromatic nitrogens is 3. The van der Waals surface area contributed by atoms with Gasteiger partial charge >= 0.3 is 5.97 Å². The Morgan fingerprint density at radius 2 is 1.80 bits per heavy atom. The van der Waals surface area contributed by atoms with Gasteiger partial charge in [0.25, 0.3) is 0 Å². The van der Waals surface area contributed by atoms with Crippen LogP contribution in [0.3, 0.4) is 0 Å². The average Bonchev–Trinajstić information content (AvgIpc) is 2.98. The minimum Gasteiger partial charge on any atom is -0.505 e. The number of carbonyl (C=O) groups is 1. The third-order valence-electron chi connectivity index (χ3n) is 3.76. The van der Waals surface area contributed by atoms with E-state index in [0.717, 1.165) is 6.08 Å². The summed E-state index contributed by atoms with van der Waals surface area (Å²) in [6, 6.07) is 10.6. The van der Waals surface area contributed by atoms with E-state index in [1.807, 2.05) is 45.0 Å². The molecule has 0 saturated heterocycles. The Bertz CT molecular complexity index is 935. The molecule has 128 valence electrons. The Kier molecular flexibility index (Phi) is 4.04. The lowest BCUT2D eigenvalue weighted by Crippen LogP contribution is -2.14. The van der Waals surface area contributed by atoms with E-state index >= 15 is 0 Å². The standard InChI is InChI=1S/C19H19N3O3/c1-5-17(23)25-12-10-13(19(2,3)4)18(24)16(11-12)22-20-14-8-6-7-9-15(14)21-22/h5-11,24H,1H2,2-4H3. The van der Waals surface area contributed by atoms with Crippen molar-refractivity contribution < 1.29 is 14.6 Å². The van der Waals surface area contributed by atoms with Crippen LogP contribution in [-0.4, -0.2) is 26.1 Å². The fraction of sp³-hybridized carbons (Fsp3) is 0.211. The molecule has 0 spiro atoms. The van der Waals surface area contributed by atoms with Crippen LogP contribution in [0.25, 0.3) is 16.7 Å². The van der Waals surface area contributed by atoms with E-state index in [4.69, 9.17) is 4.74 Å². The number of benzene rings is 2. The molecule has 2 aromatic carbocycles. The molecule has 0 aliphatic rings. The number of ether oxygens (including phenoxy) is 1. The molecule has 6 nitrogen and oxygen atoms in total. The molecule has 0 unspecified atom stereocenters. The third-order valence-corrected chi connectivity index (χ3v) is 3.76. The number of rotatable bonds is 3. The summed E-state index contributed by atoms with van der Waals surface area (Å²) in [6.07, 6.45) is 1.09. The molecule has 1 heterocycles. The van der Waals surface area contributed by atoms with Crippen LogP contribution in [0.1, 0.15) is 26.3 Å². The van der Waals surface area contributed by atoms with Gasteiger partial charge in [-0.15, -0.1) is 15.0 Å². The Balaban J connectivity index is 2.21. The van der Waals surface area contributed by atoms with Crippen molar-refractivity contribution in [1.82, 2.24) is 15.0 Å². The lowest BCUT2D eigenvalue weighted by atomic mass is 9.86. The number of aromatic hydroxyl groups is 1. The molecular formula is C19H19N3O3. The van der Waals surface area contributed by atoms with Gasteiger partial charge in [0.2, 0.25) is 0 Å². The summed E-state index contributed by atoms with van der Waals surface area (Å²) in [4.78, 5) is 12.9. The molecule has 1 N–H and O–H groups in total. The smallest absolute Gasteiger partial charge is 0.335 e. The molecule has 0 amide bonds. The first-order valence-electron chi connectivity index (χ1n) is 7.84. The highest BCUT2D eigenvalue weighted by molar-refractivity contribution is 5.83. The molecule has 0 saturated carbocycles. The maximum absolute atomic E-state index is 11.6. The minimum atomic E-state index is -0.574. The van der Waals surface area contributed by atoms with Gasteiger partial charge in [0.05, 0.1) is 0 Å². The maximum atomic E-state index is 11.6. The van der Waals surface area contributed by atoms with Gasteiger partial charge in [0.15, 0.2) is 0 Å². The molecule has 0 bridgehead atoms. The minimum absolute atomic E-state index is 0.0474. The first kappa shape index (κ1) is 16.7. The highest BCUT2D eigenvalue weighted by Gasteiger charge is 2.24. The van der Waals surface area contributed by atoms with Crippen molar-refractivity contribution in [2.45, 2.75) is 26.2 Å². The normalized spacial score (nSPS) is 11.5. The highest BCUT2D eigenvalue weighted by Crippen LogP contribution is 2.38. The van der Waals surface area contributed by atoms with Crippen LogP contribution < -0.4 is 4.74 Å².